The lowest BCUT2D eigenvalue weighted by atomic mass is 10.1. The van der Waals surface area contributed by atoms with E-state index in [2.05, 4.69) is 44.9 Å². The van der Waals surface area contributed by atoms with Gasteiger partial charge in [-0.3, -0.25) is 14.6 Å². The second-order valence-electron chi connectivity index (χ2n) is 7.75. The van der Waals surface area contributed by atoms with Crippen LogP contribution < -0.4 is 4.90 Å². The number of rotatable bonds is 9. The molecule has 1 fully saturated rings. The maximum Gasteiger partial charge on any atom is 0.307 e. The van der Waals surface area contributed by atoms with Gasteiger partial charge in [-0.05, 0) is 24.7 Å². The van der Waals surface area contributed by atoms with Crippen molar-refractivity contribution < 1.29 is 9.53 Å². The van der Waals surface area contributed by atoms with Crippen LogP contribution in [0.15, 0.2) is 60.7 Å². The molecule has 0 spiro atoms. The number of piperazine rings is 1. The van der Waals surface area contributed by atoms with Crippen LogP contribution in [0.5, 0.6) is 0 Å². The third kappa shape index (κ3) is 6.62. The number of esters is 1. The molecule has 2 aromatic carbocycles. The Bertz CT molecular complexity index is 811. The van der Waals surface area contributed by atoms with Crippen molar-refractivity contribution in [2.45, 2.75) is 19.1 Å². The number of carbonyl (C=O) groups is 1. The summed E-state index contributed by atoms with van der Waals surface area (Å²) in [5, 5.41) is 0. The van der Waals surface area contributed by atoms with Crippen molar-refractivity contribution in [1.29, 1.82) is 0 Å². The van der Waals surface area contributed by atoms with Gasteiger partial charge in [0, 0.05) is 44.5 Å². The summed E-state index contributed by atoms with van der Waals surface area (Å²) in [7, 11) is 1.98. The summed E-state index contributed by atoms with van der Waals surface area (Å²) in [5.41, 5.74) is 2.26. The van der Waals surface area contributed by atoms with Crippen molar-refractivity contribution in [3.8, 4) is 12.3 Å². The quantitative estimate of drug-likeness (QED) is 0.474. The zero-order valence-corrected chi connectivity index (χ0v) is 17.7. The minimum Gasteiger partial charge on any atom is -0.461 e. The molecule has 158 valence electrons. The van der Waals surface area contributed by atoms with Gasteiger partial charge in [-0.1, -0.05) is 54.5 Å². The van der Waals surface area contributed by atoms with Crippen LogP contribution in [0.4, 0.5) is 5.69 Å². The number of carbonyl (C=O) groups excluding carboxylic acids is 1. The van der Waals surface area contributed by atoms with Crippen molar-refractivity contribution in [1.82, 2.24) is 9.80 Å². The highest BCUT2D eigenvalue weighted by molar-refractivity contribution is 5.70. The minimum atomic E-state index is -0.185. The Morgan fingerprint density at radius 1 is 1.07 bits per heavy atom. The molecule has 1 aliphatic rings. The lowest BCUT2D eigenvalue weighted by Crippen LogP contribution is -2.51. The van der Waals surface area contributed by atoms with E-state index < -0.39 is 0 Å². The fourth-order valence-electron chi connectivity index (χ4n) is 3.75. The lowest BCUT2D eigenvalue weighted by Gasteiger charge is -2.39. The maximum atomic E-state index is 12.5. The highest BCUT2D eigenvalue weighted by Gasteiger charge is 2.25. The first-order valence-corrected chi connectivity index (χ1v) is 10.5. The van der Waals surface area contributed by atoms with E-state index in [-0.39, 0.29) is 12.0 Å². The van der Waals surface area contributed by atoms with Gasteiger partial charge in [0.1, 0.15) is 6.61 Å². The second-order valence-corrected chi connectivity index (χ2v) is 7.75. The van der Waals surface area contributed by atoms with E-state index in [0.29, 0.717) is 19.6 Å². The molecule has 1 saturated heterocycles. The SMILES string of the molecule is C#CCN(C)C(CC(=O)OCc1ccccc1)CN1CCN(c2ccccc2)CC1. The molecule has 5 heteroatoms. The van der Waals surface area contributed by atoms with Crippen LogP contribution in [0, 0.1) is 12.3 Å². The number of nitrogens with zero attached hydrogens (tertiary/aromatic N) is 3. The number of para-hydroxylation sites is 1. The number of likely N-dealkylation sites (N-methyl/N-ethyl adjacent to an activating group) is 1. The summed E-state index contributed by atoms with van der Waals surface area (Å²) in [4.78, 5) is 19.4. The molecule has 0 radical (unpaired) electrons. The fourth-order valence-corrected chi connectivity index (χ4v) is 3.75. The molecule has 30 heavy (non-hydrogen) atoms. The molecule has 0 aromatic heterocycles. The van der Waals surface area contributed by atoms with Gasteiger partial charge in [-0.15, -0.1) is 6.42 Å². The van der Waals surface area contributed by atoms with Gasteiger partial charge in [0.05, 0.1) is 13.0 Å². The van der Waals surface area contributed by atoms with Gasteiger partial charge in [-0.2, -0.15) is 0 Å². The maximum absolute atomic E-state index is 12.5. The topological polar surface area (TPSA) is 36.0 Å². The average Bonchev–Trinajstić information content (AvgIpc) is 2.79. The van der Waals surface area contributed by atoms with Gasteiger partial charge in [-0.25, -0.2) is 0 Å². The van der Waals surface area contributed by atoms with E-state index in [1.807, 2.05) is 43.4 Å². The molecule has 2 aromatic rings. The van der Waals surface area contributed by atoms with Gasteiger partial charge in [0.2, 0.25) is 0 Å². The monoisotopic (exact) mass is 405 g/mol. The van der Waals surface area contributed by atoms with E-state index >= 15 is 0 Å². The Kier molecular flexibility index (Phi) is 8.31. The Labute approximate surface area is 180 Å². The highest BCUT2D eigenvalue weighted by Crippen LogP contribution is 2.17. The van der Waals surface area contributed by atoms with Crippen LogP contribution in [0.2, 0.25) is 0 Å². The van der Waals surface area contributed by atoms with Crippen LogP contribution >= 0.6 is 0 Å². The van der Waals surface area contributed by atoms with Crippen molar-refractivity contribution >= 4 is 11.7 Å². The predicted molar refractivity (Wildman–Crippen MR) is 121 cm³/mol. The summed E-state index contributed by atoms with van der Waals surface area (Å²) in [6.07, 6.45) is 5.86. The third-order valence-electron chi connectivity index (χ3n) is 5.57. The molecule has 1 atom stereocenters. The van der Waals surface area contributed by atoms with Crippen LogP contribution in [0.1, 0.15) is 12.0 Å². The number of anilines is 1. The molecular weight excluding hydrogens is 374 g/mol. The minimum absolute atomic E-state index is 0.0348. The largest absolute Gasteiger partial charge is 0.461 e. The Balaban J connectivity index is 1.51. The number of hydrogen-bond donors (Lipinski definition) is 0. The molecule has 0 amide bonds. The molecule has 0 aliphatic carbocycles. The second kappa shape index (κ2) is 11.4. The molecule has 3 rings (SSSR count). The Morgan fingerprint density at radius 2 is 1.70 bits per heavy atom. The third-order valence-corrected chi connectivity index (χ3v) is 5.57. The van der Waals surface area contributed by atoms with Crippen LogP contribution in [-0.4, -0.2) is 68.1 Å². The average molecular weight is 406 g/mol. The summed E-state index contributed by atoms with van der Waals surface area (Å²) >= 11 is 0. The van der Waals surface area contributed by atoms with Crippen LogP contribution in [-0.2, 0) is 16.1 Å². The summed E-state index contributed by atoms with van der Waals surface area (Å²) in [6, 6.07) is 20.3. The first kappa shape index (κ1) is 21.9. The Hall–Kier alpha value is -2.81. The van der Waals surface area contributed by atoms with Gasteiger partial charge in [0.25, 0.3) is 0 Å². The van der Waals surface area contributed by atoms with E-state index in [1.165, 1.54) is 5.69 Å². The van der Waals surface area contributed by atoms with E-state index in [4.69, 9.17) is 11.2 Å². The van der Waals surface area contributed by atoms with Gasteiger partial charge < -0.3 is 9.64 Å². The fraction of sp³-hybridized carbons (Fsp3) is 0.400. The summed E-state index contributed by atoms with van der Waals surface area (Å²) in [6.45, 7) is 5.52. The molecule has 1 aliphatic heterocycles. The molecule has 0 bridgehead atoms. The molecule has 0 N–H and O–H groups in total. The van der Waals surface area contributed by atoms with Gasteiger partial charge >= 0.3 is 5.97 Å². The number of ether oxygens (including phenoxy) is 1. The van der Waals surface area contributed by atoms with E-state index in [1.54, 1.807) is 0 Å². The molecule has 5 nitrogen and oxygen atoms in total. The normalized spacial score (nSPS) is 15.6. The standard InChI is InChI=1S/C25H31N3O2/c1-3-14-26(2)24(19-25(29)30-21-22-10-6-4-7-11-22)20-27-15-17-28(18-16-27)23-12-8-5-9-13-23/h1,4-13,24H,14-21H2,2H3. The molecule has 0 saturated carbocycles. The zero-order chi connectivity index (χ0) is 21.2. The van der Waals surface area contributed by atoms with Gasteiger partial charge in [0.15, 0.2) is 0 Å². The molecule has 1 heterocycles. The smallest absolute Gasteiger partial charge is 0.307 e. The highest BCUT2D eigenvalue weighted by atomic mass is 16.5. The molecular formula is C25H31N3O2. The van der Waals surface area contributed by atoms with E-state index in [9.17, 15) is 4.79 Å². The summed E-state index contributed by atoms with van der Waals surface area (Å²) < 4.78 is 5.51. The van der Waals surface area contributed by atoms with Crippen LogP contribution in [0.3, 0.4) is 0 Å². The van der Waals surface area contributed by atoms with Crippen molar-refractivity contribution in [3.63, 3.8) is 0 Å². The van der Waals surface area contributed by atoms with Crippen molar-refractivity contribution in [3.05, 3.63) is 66.2 Å². The van der Waals surface area contributed by atoms with Crippen molar-refractivity contribution in [2.75, 3.05) is 51.2 Å². The lowest BCUT2D eigenvalue weighted by molar-refractivity contribution is -0.146. The van der Waals surface area contributed by atoms with Crippen molar-refractivity contribution in [2.24, 2.45) is 0 Å². The Morgan fingerprint density at radius 3 is 2.33 bits per heavy atom. The number of benzene rings is 2. The molecule has 1 unspecified atom stereocenters. The first-order chi connectivity index (χ1) is 14.7. The first-order valence-electron chi connectivity index (χ1n) is 10.5. The predicted octanol–water partition coefficient (Wildman–Crippen LogP) is 2.88. The van der Waals surface area contributed by atoms with Crippen LogP contribution in [0.25, 0.3) is 0 Å². The zero-order valence-electron chi connectivity index (χ0n) is 17.7. The summed E-state index contributed by atoms with van der Waals surface area (Å²) in [5.74, 6) is 2.51. The van der Waals surface area contributed by atoms with E-state index in [0.717, 1.165) is 38.3 Å². The number of terminal acetylenes is 1. The number of hydrogen-bond acceptors (Lipinski definition) is 5.